The Morgan fingerprint density at radius 2 is 1.15 bits per heavy atom. The topological polar surface area (TPSA) is 16.4 Å². The Morgan fingerprint density at radius 1 is 0.512 bits per heavy atom. The molecule has 0 spiro atoms. The number of fused-ring (bicyclic) bond motifs is 7. The summed E-state index contributed by atoms with van der Waals surface area (Å²) in [4.78, 5) is 2.30. The maximum absolute atomic E-state index is 6.57. The smallest absolute Gasteiger partial charge is 0.137 e. The summed E-state index contributed by atoms with van der Waals surface area (Å²) in [5.41, 5.74) is 12.8. The van der Waals surface area contributed by atoms with Gasteiger partial charge in [-0.3, -0.25) is 0 Å². The molecule has 1 aromatic heterocycles. The lowest BCUT2D eigenvalue weighted by atomic mass is 9.82. The molecule has 0 atom stereocenters. The zero-order valence-corrected chi connectivity index (χ0v) is 23.1. The first-order valence-corrected chi connectivity index (χ1v) is 14.2. The van der Waals surface area contributed by atoms with Crippen LogP contribution >= 0.6 is 0 Å². The van der Waals surface area contributed by atoms with Crippen molar-refractivity contribution in [3.8, 4) is 22.3 Å². The van der Waals surface area contributed by atoms with Crippen molar-refractivity contribution in [3.05, 3.63) is 151 Å². The van der Waals surface area contributed by atoms with Gasteiger partial charge in [-0.1, -0.05) is 105 Å². The van der Waals surface area contributed by atoms with Gasteiger partial charge in [0.2, 0.25) is 0 Å². The fraction of sp³-hybridized carbons (Fsp3) is 0.0769. The van der Waals surface area contributed by atoms with Crippen molar-refractivity contribution in [1.29, 1.82) is 0 Å². The van der Waals surface area contributed by atoms with E-state index >= 15 is 0 Å². The number of nitrogens with zero attached hydrogens (tertiary/aromatic N) is 1. The molecule has 0 saturated heterocycles. The van der Waals surface area contributed by atoms with E-state index in [-0.39, 0.29) is 5.41 Å². The number of furan rings is 1. The Bertz CT molecular complexity index is 2050. The highest BCUT2D eigenvalue weighted by Crippen LogP contribution is 2.53. The summed E-state index contributed by atoms with van der Waals surface area (Å²) in [6.45, 7) is 4.65. The molecule has 0 fully saturated rings. The molecule has 1 aliphatic rings. The van der Waals surface area contributed by atoms with Gasteiger partial charge in [0.25, 0.3) is 0 Å². The average molecular weight is 528 g/mol. The van der Waals surface area contributed by atoms with Crippen molar-refractivity contribution in [1.82, 2.24) is 0 Å². The second-order valence-corrected chi connectivity index (χ2v) is 11.4. The lowest BCUT2D eigenvalue weighted by Gasteiger charge is -2.25. The molecule has 8 rings (SSSR count). The predicted molar refractivity (Wildman–Crippen MR) is 171 cm³/mol. The highest BCUT2D eigenvalue weighted by molar-refractivity contribution is 6.15. The summed E-state index contributed by atoms with van der Waals surface area (Å²) in [6, 6.07) is 49.7. The van der Waals surface area contributed by atoms with Crippen molar-refractivity contribution in [3.63, 3.8) is 0 Å². The molecule has 2 nitrogen and oxygen atoms in total. The van der Waals surface area contributed by atoms with Crippen molar-refractivity contribution in [2.45, 2.75) is 19.3 Å². The molecule has 1 aliphatic carbocycles. The highest BCUT2D eigenvalue weighted by atomic mass is 16.3. The zero-order chi connectivity index (χ0) is 27.6. The largest absolute Gasteiger partial charge is 0.456 e. The molecule has 6 aromatic carbocycles. The summed E-state index contributed by atoms with van der Waals surface area (Å²) >= 11 is 0. The van der Waals surface area contributed by atoms with E-state index in [1.54, 1.807) is 0 Å². The predicted octanol–water partition coefficient (Wildman–Crippen LogP) is 11.0. The molecule has 0 N–H and O–H groups in total. The van der Waals surface area contributed by atoms with Crippen LogP contribution in [0, 0.1) is 0 Å². The van der Waals surface area contributed by atoms with E-state index in [0.29, 0.717) is 0 Å². The first-order chi connectivity index (χ1) is 20.1. The van der Waals surface area contributed by atoms with Crippen molar-refractivity contribution >= 4 is 39.0 Å². The van der Waals surface area contributed by atoms with Gasteiger partial charge in [0.1, 0.15) is 11.2 Å². The quantitative estimate of drug-likeness (QED) is 0.226. The third-order valence-corrected chi connectivity index (χ3v) is 8.67. The molecule has 0 unspecified atom stereocenters. The van der Waals surface area contributed by atoms with E-state index in [9.17, 15) is 0 Å². The molecular weight excluding hydrogens is 498 g/mol. The molecule has 7 aromatic rings. The number of hydrogen-bond acceptors (Lipinski definition) is 2. The second kappa shape index (κ2) is 8.97. The monoisotopic (exact) mass is 527 g/mol. The zero-order valence-electron chi connectivity index (χ0n) is 23.1. The van der Waals surface area contributed by atoms with E-state index in [1.165, 1.54) is 38.8 Å². The molecule has 0 saturated carbocycles. The van der Waals surface area contributed by atoms with Gasteiger partial charge < -0.3 is 9.32 Å². The van der Waals surface area contributed by atoms with Gasteiger partial charge in [0, 0.05) is 39.3 Å². The summed E-state index contributed by atoms with van der Waals surface area (Å²) in [7, 11) is 0. The van der Waals surface area contributed by atoms with Crippen molar-refractivity contribution < 1.29 is 4.42 Å². The number of rotatable bonds is 4. The van der Waals surface area contributed by atoms with Crippen LogP contribution in [0.15, 0.2) is 144 Å². The first kappa shape index (κ1) is 23.8. The molecule has 41 heavy (non-hydrogen) atoms. The van der Waals surface area contributed by atoms with Gasteiger partial charge in [0.15, 0.2) is 0 Å². The van der Waals surface area contributed by atoms with E-state index in [0.717, 1.165) is 33.6 Å². The Labute approximate surface area is 240 Å². The first-order valence-electron chi connectivity index (χ1n) is 14.2. The molecule has 0 aliphatic heterocycles. The van der Waals surface area contributed by atoms with Crippen LogP contribution in [-0.2, 0) is 5.41 Å². The van der Waals surface area contributed by atoms with E-state index < -0.39 is 0 Å². The van der Waals surface area contributed by atoms with Crippen LogP contribution in [-0.4, -0.2) is 0 Å². The Morgan fingerprint density at radius 3 is 1.93 bits per heavy atom. The van der Waals surface area contributed by atoms with Gasteiger partial charge in [0.05, 0.1) is 0 Å². The molecule has 0 radical (unpaired) electrons. The van der Waals surface area contributed by atoms with Crippen LogP contribution in [0.4, 0.5) is 17.1 Å². The van der Waals surface area contributed by atoms with E-state index in [2.05, 4.69) is 158 Å². The molecule has 0 bridgehead atoms. The third-order valence-electron chi connectivity index (χ3n) is 8.67. The van der Waals surface area contributed by atoms with Crippen molar-refractivity contribution in [2.75, 3.05) is 4.90 Å². The summed E-state index contributed by atoms with van der Waals surface area (Å²) in [5.74, 6) is 0. The Hall–Kier alpha value is -5.08. The number of benzene rings is 6. The highest BCUT2D eigenvalue weighted by Gasteiger charge is 2.37. The van der Waals surface area contributed by atoms with E-state index in [4.69, 9.17) is 4.42 Å². The van der Waals surface area contributed by atoms with Crippen LogP contribution in [0.1, 0.15) is 25.0 Å². The molecule has 2 heteroatoms. The Kier molecular flexibility index (Phi) is 5.20. The van der Waals surface area contributed by atoms with Crippen LogP contribution < -0.4 is 4.90 Å². The van der Waals surface area contributed by atoms with Crippen molar-refractivity contribution in [2.24, 2.45) is 0 Å². The molecule has 0 amide bonds. The summed E-state index contributed by atoms with van der Waals surface area (Å²) in [5, 5.41) is 2.36. The fourth-order valence-electron chi connectivity index (χ4n) is 6.65. The maximum atomic E-state index is 6.57. The molecular formula is C39H29NO. The second-order valence-electron chi connectivity index (χ2n) is 11.4. The van der Waals surface area contributed by atoms with Crippen LogP contribution in [0.25, 0.3) is 44.2 Å². The van der Waals surface area contributed by atoms with Crippen LogP contribution in [0.3, 0.4) is 0 Å². The SMILES string of the molecule is CC1(C)c2ccccc2-c2c1ccc1oc3cc(N(c4ccccc4)c4ccc(-c5ccccc5)cc4)ccc3c21. The van der Waals surface area contributed by atoms with Gasteiger partial charge >= 0.3 is 0 Å². The van der Waals surface area contributed by atoms with Gasteiger partial charge in [-0.2, -0.15) is 0 Å². The standard InChI is InChI=1S/C39H29NO/c1-39(2)33-16-10-9-15-31(33)37-34(39)23-24-35-38(37)32-22-21-30(25-36(32)41-35)40(28-13-7-4-8-14-28)29-19-17-27(18-20-29)26-11-5-3-6-12-26/h3-25H,1-2H3. The summed E-state index contributed by atoms with van der Waals surface area (Å²) < 4.78 is 6.57. The number of para-hydroxylation sites is 1. The molecule has 1 heterocycles. The van der Waals surface area contributed by atoms with Gasteiger partial charge in [-0.05, 0) is 75.8 Å². The van der Waals surface area contributed by atoms with Crippen LogP contribution in [0.2, 0.25) is 0 Å². The minimum Gasteiger partial charge on any atom is -0.456 e. The van der Waals surface area contributed by atoms with Gasteiger partial charge in [-0.25, -0.2) is 0 Å². The van der Waals surface area contributed by atoms with E-state index in [1.807, 2.05) is 0 Å². The average Bonchev–Trinajstić information content (AvgIpc) is 3.50. The summed E-state index contributed by atoms with van der Waals surface area (Å²) in [6.07, 6.45) is 0. The lowest BCUT2D eigenvalue weighted by molar-refractivity contribution is 0.656. The Balaban J connectivity index is 1.29. The maximum Gasteiger partial charge on any atom is 0.137 e. The van der Waals surface area contributed by atoms with Gasteiger partial charge in [-0.15, -0.1) is 0 Å². The number of hydrogen-bond donors (Lipinski definition) is 0. The third kappa shape index (κ3) is 3.64. The minimum atomic E-state index is -0.0420. The fourth-order valence-corrected chi connectivity index (χ4v) is 6.65. The van der Waals surface area contributed by atoms with Crippen LogP contribution in [0.5, 0.6) is 0 Å². The normalized spacial score (nSPS) is 13.3. The number of anilines is 3. The minimum absolute atomic E-state index is 0.0420. The molecule has 196 valence electrons. The lowest BCUT2D eigenvalue weighted by Crippen LogP contribution is -2.14.